The van der Waals surface area contributed by atoms with Gasteiger partial charge in [-0.05, 0) is 36.4 Å². The molecule has 9 heteroatoms. The first kappa shape index (κ1) is 20.3. The first-order chi connectivity index (χ1) is 12.9. The lowest BCUT2D eigenvalue weighted by molar-refractivity contribution is -0.137. The summed E-state index contributed by atoms with van der Waals surface area (Å²) in [5, 5.41) is 2.75. The van der Waals surface area contributed by atoms with Gasteiger partial charge in [-0.25, -0.2) is 4.79 Å². The molecule has 2 saturated heterocycles. The Morgan fingerprint density at radius 3 is 2.56 bits per heavy atom. The minimum atomic E-state index is -4.38. The van der Waals surface area contributed by atoms with Crippen LogP contribution in [0, 0.1) is 0 Å². The molecule has 150 valence electrons. The molecule has 1 aromatic carbocycles. The van der Waals surface area contributed by atoms with Crippen molar-refractivity contribution in [2.24, 2.45) is 0 Å². The molecule has 0 aromatic heterocycles. The third-order valence-corrected chi connectivity index (χ3v) is 5.93. The highest BCUT2D eigenvalue weighted by atomic mass is 32.2. The zero-order valence-electron chi connectivity index (χ0n) is 15.0. The summed E-state index contributed by atoms with van der Waals surface area (Å²) in [6, 6.07) is 4.38. The first-order valence-electron chi connectivity index (χ1n) is 9.06. The first-order valence-corrected chi connectivity index (χ1v) is 10.2. The molecule has 27 heavy (non-hydrogen) atoms. The van der Waals surface area contributed by atoms with Gasteiger partial charge in [-0.3, -0.25) is 4.90 Å². The maximum atomic E-state index is 12.8. The van der Waals surface area contributed by atoms with Crippen molar-refractivity contribution in [3.63, 3.8) is 0 Å². The van der Waals surface area contributed by atoms with Crippen LogP contribution >= 0.6 is 11.8 Å². The number of rotatable bonds is 3. The quantitative estimate of drug-likeness (QED) is 0.841. The fourth-order valence-corrected chi connectivity index (χ4v) is 4.32. The van der Waals surface area contributed by atoms with Gasteiger partial charge >= 0.3 is 12.2 Å². The van der Waals surface area contributed by atoms with Crippen LogP contribution in [0.2, 0.25) is 0 Å². The van der Waals surface area contributed by atoms with E-state index in [1.165, 1.54) is 12.1 Å². The summed E-state index contributed by atoms with van der Waals surface area (Å²) < 4.78 is 43.4. The van der Waals surface area contributed by atoms with Crippen LogP contribution in [-0.4, -0.2) is 72.8 Å². The van der Waals surface area contributed by atoms with E-state index in [1.807, 2.05) is 16.7 Å². The minimum Gasteiger partial charge on any atom is -0.379 e. The Hall–Kier alpha value is -1.45. The smallest absolute Gasteiger partial charge is 0.379 e. The molecular weight excluding hydrogens is 379 g/mol. The average Bonchev–Trinajstić information content (AvgIpc) is 2.88. The fraction of sp³-hybridized carbons (Fsp3) is 0.611. The van der Waals surface area contributed by atoms with Gasteiger partial charge in [0.2, 0.25) is 0 Å². The van der Waals surface area contributed by atoms with Crippen LogP contribution in [0.5, 0.6) is 0 Å². The summed E-state index contributed by atoms with van der Waals surface area (Å²) >= 11 is 1.84. The number of carbonyl (C=O) groups excluding carboxylic acids is 1. The average molecular weight is 403 g/mol. The van der Waals surface area contributed by atoms with Crippen LogP contribution in [0.15, 0.2) is 24.3 Å². The molecule has 0 saturated carbocycles. The zero-order chi connectivity index (χ0) is 19.3. The van der Waals surface area contributed by atoms with Gasteiger partial charge in [0.25, 0.3) is 0 Å². The number of urea groups is 1. The maximum absolute atomic E-state index is 12.8. The van der Waals surface area contributed by atoms with Crippen molar-refractivity contribution in [1.82, 2.24) is 9.80 Å². The van der Waals surface area contributed by atoms with E-state index >= 15 is 0 Å². The van der Waals surface area contributed by atoms with Crippen LogP contribution in [-0.2, 0) is 10.9 Å². The summed E-state index contributed by atoms with van der Waals surface area (Å²) in [5.74, 6) is 1.86. The van der Waals surface area contributed by atoms with Crippen molar-refractivity contribution < 1.29 is 22.7 Å². The SMILES string of the molecule is O=C(Nc1ccc(C(F)(F)F)cc1)N1CCCSCC1CN1CCOCC1. The lowest BCUT2D eigenvalue weighted by atomic mass is 10.2. The number of amides is 2. The van der Waals surface area contributed by atoms with Gasteiger partial charge < -0.3 is 15.0 Å². The number of hydrogen-bond acceptors (Lipinski definition) is 4. The van der Waals surface area contributed by atoms with E-state index in [2.05, 4.69) is 10.2 Å². The number of anilines is 1. The number of morpholine rings is 1. The molecule has 1 aromatic rings. The Kier molecular flexibility index (Phi) is 6.88. The normalized spacial score (nSPS) is 22.3. The van der Waals surface area contributed by atoms with Gasteiger partial charge in [-0.1, -0.05) is 0 Å². The highest BCUT2D eigenvalue weighted by Crippen LogP contribution is 2.30. The van der Waals surface area contributed by atoms with E-state index in [1.54, 1.807) is 0 Å². The Morgan fingerprint density at radius 2 is 1.89 bits per heavy atom. The van der Waals surface area contributed by atoms with E-state index in [0.29, 0.717) is 25.4 Å². The molecule has 1 N–H and O–H groups in total. The van der Waals surface area contributed by atoms with Crippen molar-refractivity contribution in [1.29, 1.82) is 0 Å². The van der Waals surface area contributed by atoms with Crippen LogP contribution < -0.4 is 5.32 Å². The molecule has 2 aliphatic heterocycles. The van der Waals surface area contributed by atoms with Crippen molar-refractivity contribution in [3.05, 3.63) is 29.8 Å². The summed E-state index contributed by atoms with van der Waals surface area (Å²) in [6.45, 7) is 4.56. The second-order valence-corrected chi connectivity index (χ2v) is 7.84. The molecule has 0 spiro atoms. The van der Waals surface area contributed by atoms with E-state index in [-0.39, 0.29) is 12.1 Å². The number of halogens is 3. The van der Waals surface area contributed by atoms with E-state index < -0.39 is 11.7 Å². The number of ether oxygens (including phenoxy) is 1. The van der Waals surface area contributed by atoms with Gasteiger partial charge in [-0.2, -0.15) is 24.9 Å². The van der Waals surface area contributed by atoms with Crippen molar-refractivity contribution in [3.8, 4) is 0 Å². The lowest BCUT2D eigenvalue weighted by Gasteiger charge is -2.35. The summed E-state index contributed by atoms with van der Waals surface area (Å²) in [7, 11) is 0. The number of carbonyl (C=O) groups is 1. The van der Waals surface area contributed by atoms with Gasteiger partial charge in [0.05, 0.1) is 24.8 Å². The van der Waals surface area contributed by atoms with Crippen LogP contribution in [0.1, 0.15) is 12.0 Å². The molecule has 2 aliphatic rings. The van der Waals surface area contributed by atoms with Crippen molar-refractivity contribution >= 4 is 23.5 Å². The zero-order valence-corrected chi connectivity index (χ0v) is 15.8. The predicted molar refractivity (Wildman–Crippen MR) is 100 cm³/mol. The largest absolute Gasteiger partial charge is 0.416 e. The molecule has 2 amide bonds. The highest BCUT2D eigenvalue weighted by molar-refractivity contribution is 7.99. The second-order valence-electron chi connectivity index (χ2n) is 6.69. The number of nitrogens with one attached hydrogen (secondary N) is 1. The van der Waals surface area contributed by atoms with Gasteiger partial charge in [0, 0.05) is 37.6 Å². The van der Waals surface area contributed by atoms with E-state index in [4.69, 9.17) is 4.74 Å². The predicted octanol–water partition coefficient (Wildman–Crippen LogP) is 3.38. The standard InChI is InChI=1S/C18H24F3N3O2S/c19-18(20,21)14-2-4-15(5-3-14)22-17(25)24-6-1-11-27-13-16(24)12-23-7-9-26-10-8-23/h2-5,16H,1,6-13H2,(H,22,25). The molecule has 2 fully saturated rings. The highest BCUT2D eigenvalue weighted by Gasteiger charge is 2.31. The molecule has 5 nitrogen and oxygen atoms in total. The minimum absolute atomic E-state index is 0.0741. The summed E-state index contributed by atoms with van der Waals surface area (Å²) in [5.41, 5.74) is -0.355. The Labute approximate surface area is 161 Å². The van der Waals surface area contributed by atoms with Gasteiger partial charge in [-0.15, -0.1) is 0 Å². The summed E-state index contributed by atoms with van der Waals surface area (Å²) in [6.07, 6.45) is -3.47. The van der Waals surface area contributed by atoms with Crippen molar-refractivity contribution in [2.45, 2.75) is 18.6 Å². The number of nitrogens with zero attached hydrogens (tertiary/aromatic N) is 2. The van der Waals surface area contributed by atoms with E-state index in [9.17, 15) is 18.0 Å². The molecule has 0 aliphatic carbocycles. The third kappa shape index (κ3) is 5.76. The Balaban J connectivity index is 1.64. The molecule has 0 bridgehead atoms. The second kappa shape index (κ2) is 9.16. The van der Waals surface area contributed by atoms with Gasteiger partial charge in [0.15, 0.2) is 0 Å². The van der Waals surface area contributed by atoms with Crippen LogP contribution in [0.4, 0.5) is 23.7 Å². The monoisotopic (exact) mass is 403 g/mol. The fourth-order valence-electron chi connectivity index (χ4n) is 3.27. The topological polar surface area (TPSA) is 44.8 Å². The number of hydrogen-bond donors (Lipinski definition) is 1. The Bertz CT molecular complexity index is 621. The summed E-state index contributed by atoms with van der Waals surface area (Å²) in [4.78, 5) is 16.9. The number of thioether (sulfide) groups is 1. The van der Waals surface area contributed by atoms with Crippen molar-refractivity contribution in [2.75, 3.05) is 56.2 Å². The molecule has 1 atom stereocenters. The van der Waals surface area contributed by atoms with Crippen LogP contribution in [0.25, 0.3) is 0 Å². The Morgan fingerprint density at radius 1 is 1.19 bits per heavy atom. The third-order valence-electron chi connectivity index (χ3n) is 4.74. The van der Waals surface area contributed by atoms with Gasteiger partial charge in [0.1, 0.15) is 0 Å². The number of alkyl halides is 3. The molecule has 2 heterocycles. The molecular formula is C18H24F3N3O2S. The molecule has 1 unspecified atom stereocenters. The maximum Gasteiger partial charge on any atom is 0.416 e. The van der Waals surface area contributed by atoms with E-state index in [0.717, 1.165) is 49.7 Å². The van der Waals surface area contributed by atoms with Crippen LogP contribution in [0.3, 0.4) is 0 Å². The molecule has 3 rings (SSSR count). The molecule has 0 radical (unpaired) electrons. The lowest BCUT2D eigenvalue weighted by Crippen LogP contribution is -2.51. The number of benzene rings is 1.